The second kappa shape index (κ2) is 8.92. The van der Waals surface area contributed by atoms with Gasteiger partial charge in [0.15, 0.2) is 0 Å². The molecular weight excluding hydrogens is 380 g/mol. The van der Waals surface area contributed by atoms with E-state index >= 15 is 0 Å². The summed E-state index contributed by atoms with van der Waals surface area (Å²) in [6, 6.07) is 16.8. The SMILES string of the molecule is COc1ccc(-c2nc(N/N=C/c3ccc(N(C)C)cc3)n(C)c(=O)c2C#N)cc1. The number of methoxy groups -OCH3 is 1. The van der Waals surface area contributed by atoms with Gasteiger partial charge in [-0.05, 0) is 42.0 Å². The number of rotatable bonds is 6. The molecule has 0 aliphatic rings. The lowest BCUT2D eigenvalue weighted by Crippen LogP contribution is -2.24. The smallest absolute Gasteiger partial charge is 0.273 e. The maximum atomic E-state index is 12.7. The fraction of sp³-hybridized carbons (Fsp3) is 0.182. The second-order valence-electron chi connectivity index (χ2n) is 6.72. The number of nitrogens with zero attached hydrogens (tertiary/aromatic N) is 5. The van der Waals surface area contributed by atoms with Crippen LogP contribution < -0.4 is 20.6 Å². The number of anilines is 2. The van der Waals surface area contributed by atoms with E-state index in [0.29, 0.717) is 11.3 Å². The van der Waals surface area contributed by atoms with Gasteiger partial charge in [0.1, 0.15) is 17.4 Å². The van der Waals surface area contributed by atoms with Gasteiger partial charge in [0.25, 0.3) is 5.56 Å². The first-order valence-electron chi connectivity index (χ1n) is 9.16. The highest BCUT2D eigenvalue weighted by Gasteiger charge is 2.16. The Labute approximate surface area is 174 Å². The molecule has 0 spiro atoms. The van der Waals surface area contributed by atoms with Gasteiger partial charge in [-0.1, -0.05) is 12.1 Å². The molecule has 0 fully saturated rings. The van der Waals surface area contributed by atoms with Crippen molar-refractivity contribution in [3.05, 3.63) is 70.0 Å². The first-order chi connectivity index (χ1) is 14.4. The second-order valence-corrected chi connectivity index (χ2v) is 6.72. The van der Waals surface area contributed by atoms with Crippen LogP contribution in [0.1, 0.15) is 11.1 Å². The summed E-state index contributed by atoms with van der Waals surface area (Å²) < 4.78 is 6.42. The van der Waals surface area contributed by atoms with Gasteiger partial charge in [0.05, 0.1) is 19.0 Å². The summed E-state index contributed by atoms with van der Waals surface area (Å²) in [4.78, 5) is 19.1. The molecule has 0 saturated heterocycles. The van der Waals surface area contributed by atoms with Gasteiger partial charge < -0.3 is 9.64 Å². The van der Waals surface area contributed by atoms with Gasteiger partial charge in [-0.3, -0.25) is 9.36 Å². The van der Waals surface area contributed by atoms with Crippen molar-refractivity contribution in [2.45, 2.75) is 0 Å². The Kier molecular flexibility index (Phi) is 6.13. The summed E-state index contributed by atoms with van der Waals surface area (Å²) in [5.41, 5.74) is 5.22. The van der Waals surface area contributed by atoms with E-state index in [1.807, 2.05) is 49.3 Å². The summed E-state index contributed by atoms with van der Waals surface area (Å²) >= 11 is 0. The molecule has 0 bridgehead atoms. The third-order valence-corrected chi connectivity index (χ3v) is 4.55. The molecule has 152 valence electrons. The minimum atomic E-state index is -0.452. The number of aromatic nitrogens is 2. The summed E-state index contributed by atoms with van der Waals surface area (Å²) in [7, 11) is 7.06. The van der Waals surface area contributed by atoms with Crippen LogP contribution in [-0.2, 0) is 7.05 Å². The number of hydrogen-bond acceptors (Lipinski definition) is 7. The van der Waals surface area contributed by atoms with Crippen LogP contribution in [0.5, 0.6) is 5.75 Å². The van der Waals surface area contributed by atoms with Crippen LogP contribution in [0.4, 0.5) is 11.6 Å². The Morgan fingerprint density at radius 3 is 2.40 bits per heavy atom. The number of ether oxygens (including phenoxy) is 1. The molecule has 0 aliphatic heterocycles. The van der Waals surface area contributed by atoms with Crippen LogP contribution in [-0.4, -0.2) is 37.0 Å². The molecule has 3 rings (SSSR count). The van der Waals surface area contributed by atoms with Crippen LogP contribution >= 0.6 is 0 Å². The molecular formula is C22H22N6O2. The standard InChI is InChI=1S/C22H22N6O2/c1-27(2)17-9-5-15(6-10-17)14-24-26-22-25-20(19(13-23)21(29)28(22)3)16-7-11-18(30-4)12-8-16/h5-12,14H,1-4H3,(H,25,26)/b24-14+. The number of hydrogen-bond donors (Lipinski definition) is 1. The van der Waals surface area contributed by atoms with Crippen LogP contribution in [0.3, 0.4) is 0 Å². The average molecular weight is 402 g/mol. The van der Waals surface area contributed by atoms with Crippen LogP contribution in [0.15, 0.2) is 58.4 Å². The third-order valence-electron chi connectivity index (χ3n) is 4.55. The lowest BCUT2D eigenvalue weighted by atomic mass is 10.1. The first-order valence-corrected chi connectivity index (χ1v) is 9.16. The Balaban J connectivity index is 1.92. The van der Waals surface area contributed by atoms with Crippen molar-refractivity contribution in [2.24, 2.45) is 12.1 Å². The third kappa shape index (κ3) is 4.31. The topological polar surface area (TPSA) is 95.5 Å². The molecule has 0 radical (unpaired) electrons. The molecule has 1 heterocycles. The molecule has 30 heavy (non-hydrogen) atoms. The fourth-order valence-corrected chi connectivity index (χ4v) is 2.78. The number of hydrazone groups is 1. The van der Waals surface area contributed by atoms with E-state index in [-0.39, 0.29) is 17.2 Å². The molecule has 0 amide bonds. The van der Waals surface area contributed by atoms with E-state index in [1.165, 1.54) is 11.6 Å². The zero-order valence-electron chi connectivity index (χ0n) is 17.2. The minimum Gasteiger partial charge on any atom is -0.497 e. The van der Waals surface area contributed by atoms with E-state index in [1.54, 1.807) is 37.6 Å². The van der Waals surface area contributed by atoms with Crippen LogP contribution in [0.2, 0.25) is 0 Å². The van der Waals surface area contributed by atoms with Crippen molar-refractivity contribution in [1.82, 2.24) is 9.55 Å². The number of nitrogens with one attached hydrogen (secondary N) is 1. The average Bonchev–Trinajstić information content (AvgIpc) is 2.77. The van der Waals surface area contributed by atoms with Crippen LogP contribution in [0.25, 0.3) is 11.3 Å². The van der Waals surface area contributed by atoms with Crippen molar-refractivity contribution < 1.29 is 4.74 Å². The number of nitriles is 1. The Morgan fingerprint density at radius 2 is 1.83 bits per heavy atom. The molecule has 1 N–H and O–H groups in total. The molecule has 0 saturated carbocycles. The lowest BCUT2D eigenvalue weighted by Gasteiger charge is -2.12. The van der Waals surface area contributed by atoms with E-state index in [4.69, 9.17) is 4.74 Å². The van der Waals surface area contributed by atoms with Gasteiger partial charge in [0, 0.05) is 32.4 Å². The Bertz CT molecular complexity index is 1160. The molecule has 8 nitrogen and oxygen atoms in total. The monoisotopic (exact) mass is 402 g/mol. The minimum absolute atomic E-state index is 0.0310. The van der Waals surface area contributed by atoms with Crippen molar-refractivity contribution >= 4 is 17.9 Å². The van der Waals surface area contributed by atoms with Crippen molar-refractivity contribution in [1.29, 1.82) is 5.26 Å². The highest BCUT2D eigenvalue weighted by atomic mass is 16.5. The molecule has 3 aromatic rings. The van der Waals surface area contributed by atoms with Gasteiger partial charge in [0.2, 0.25) is 5.95 Å². The lowest BCUT2D eigenvalue weighted by molar-refractivity contribution is 0.415. The molecule has 0 unspecified atom stereocenters. The summed E-state index contributed by atoms with van der Waals surface area (Å²) in [5, 5.41) is 13.7. The Morgan fingerprint density at radius 1 is 1.17 bits per heavy atom. The highest BCUT2D eigenvalue weighted by molar-refractivity contribution is 5.80. The molecule has 0 aliphatic carbocycles. The first kappa shape index (κ1) is 20.6. The normalized spacial score (nSPS) is 10.6. The van der Waals surface area contributed by atoms with E-state index in [9.17, 15) is 10.1 Å². The van der Waals surface area contributed by atoms with Gasteiger partial charge in [-0.15, -0.1) is 0 Å². The quantitative estimate of drug-likeness (QED) is 0.503. The predicted molar refractivity (Wildman–Crippen MR) is 118 cm³/mol. The van der Waals surface area contributed by atoms with E-state index in [2.05, 4.69) is 15.5 Å². The van der Waals surface area contributed by atoms with Gasteiger partial charge in [-0.2, -0.15) is 10.4 Å². The zero-order valence-corrected chi connectivity index (χ0v) is 17.2. The van der Waals surface area contributed by atoms with Crippen molar-refractivity contribution in [3.63, 3.8) is 0 Å². The van der Waals surface area contributed by atoms with Crippen molar-refractivity contribution in [3.8, 4) is 23.1 Å². The molecule has 0 atom stereocenters. The molecule has 2 aromatic carbocycles. The Hall–Kier alpha value is -4.12. The van der Waals surface area contributed by atoms with Crippen LogP contribution in [0, 0.1) is 11.3 Å². The fourth-order valence-electron chi connectivity index (χ4n) is 2.78. The molecule has 8 heteroatoms. The summed E-state index contributed by atoms with van der Waals surface area (Å²) in [6.45, 7) is 0. The van der Waals surface area contributed by atoms with E-state index < -0.39 is 5.56 Å². The highest BCUT2D eigenvalue weighted by Crippen LogP contribution is 2.23. The van der Waals surface area contributed by atoms with Gasteiger partial charge >= 0.3 is 0 Å². The summed E-state index contributed by atoms with van der Waals surface area (Å²) in [6.07, 6.45) is 1.64. The summed E-state index contributed by atoms with van der Waals surface area (Å²) in [5.74, 6) is 0.898. The van der Waals surface area contributed by atoms with Gasteiger partial charge in [-0.25, -0.2) is 10.4 Å². The maximum absolute atomic E-state index is 12.7. The largest absolute Gasteiger partial charge is 0.497 e. The molecule has 1 aromatic heterocycles. The van der Waals surface area contributed by atoms with E-state index in [0.717, 1.165) is 11.3 Å². The zero-order chi connectivity index (χ0) is 21.7. The maximum Gasteiger partial charge on any atom is 0.273 e. The number of benzene rings is 2. The predicted octanol–water partition coefficient (Wildman–Crippen LogP) is 2.84. The van der Waals surface area contributed by atoms with Crippen molar-refractivity contribution in [2.75, 3.05) is 31.5 Å².